The first-order chi connectivity index (χ1) is 13.2. The number of fused-ring (bicyclic) bond motifs is 1. The fourth-order valence-electron chi connectivity index (χ4n) is 3.65. The number of esters is 1. The van der Waals surface area contributed by atoms with Crippen LogP contribution < -0.4 is 0 Å². The monoisotopic (exact) mass is 410 g/mol. The average Bonchev–Trinajstić information content (AvgIpc) is 2.62. The lowest BCUT2D eigenvalue weighted by atomic mass is 9.66. The average molecular weight is 410 g/mol. The number of rotatable bonds is 7. The molecule has 6 heteroatoms. The molecule has 2 aromatic carbocycles. The minimum absolute atomic E-state index is 0.134. The van der Waals surface area contributed by atoms with Crippen LogP contribution in [0.1, 0.15) is 53.0 Å². The zero-order chi connectivity index (χ0) is 22.1. The minimum Gasteiger partial charge on any atom is -0.462 e. The molecule has 0 radical (unpaired) electrons. The van der Waals surface area contributed by atoms with Gasteiger partial charge in [0, 0.05) is 0 Å². The van der Waals surface area contributed by atoms with Crippen LogP contribution in [0.2, 0.25) is 0 Å². The van der Waals surface area contributed by atoms with E-state index in [0.29, 0.717) is 0 Å². The Kier molecular flexibility index (Phi) is 6.38. The van der Waals surface area contributed by atoms with Crippen LogP contribution in [0.4, 0.5) is 13.2 Å². The molecule has 2 aromatic rings. The molecule has 1 unspecified atom stereocenters. The third kappa shape index (κ3) is 5.10. The number of ether oxygens (including phenoxy) is 1. The van der Waals surface area contributed by atoms with E-state index < -0.39 is 35.0 Å². The van der Waals surface area contributed by atoms with E-state index in [-0.39, 0.29) is 18.6 Å². The van der Waals surface area contributed by atoms with E-state index in [4.69, 9.17) is 4.74 Å². The van der Waals surface area contributed by atoms with E-state index in [9.17, 15) is 23.1 Å². The number of hydrogen-bond acceptors (Lipinski definition) is 3. The summed E-state index contributed by atoms with van der Waals surface area (Å²) in [5.74, 6) is -0.762. The van der Waals surface area contributed by atoms with Crippen molar-refractivity contribution in [3.63, 3.8) is 0 Å². The molecule has 0 bridgehead atoms. The van der Waals surface area contributed by atoms with E-state index in [1.165, 1.54) is 40.7 Å². The predicted octanol–water partition coefficient (Wildman–Crippen LogP) is 5.78. The van der Waals surface area contributed by atoms with Crippen LogP contribution in [0.5, 0.6) is 0 Å². The quantitative estimate of drug-likeness (QED) is 0.589. The molecular formula is C23H29F3O3. The highest BCUT2D eigenvalue weighted by Crippen LogP contribution is 2.51. The minimum atomic E-state index is -4.56. The first-order valence-electron chi connectivity index (χ1n) is 9.67. The normalized spacial score (nSPS) is 15.2. The van der Waals surface area contributed by atoms with Crippen molar-refractivity contribution in [2.45, 2.75) is 64.7 Å². The van der Waals surface area contributed by atoms with Gasteiger partial charge >= 0.3 is 12.1 Å². The summed E-state index contributed by atoms with van der Waals surface area (Å²) in [5.41, 5.74) is -4.72. The molecule has 0 spiro atoms. The fourth-order valence-corrected chi connectivity index (χ4v) is 3.65. The smallest absolute Gasteiger partial charge is 0.398 e. The number of aliphatic hydroxyl groups is 1. The van der Waals surface area contributed by atoms with Gasteiger partial charge in [0.05, 0.1) is 16.4 Å². The van der Waals surface area contributed by atoms with Gasteiger partial charge in [0.15, 0.2) is 0 Å². The third-order valence-corrected chi connectivity index (χ3v) is 5.30. The van der Waals surface area contributed by atoms with E-state index >= 15 is 0 Å². The lowest BCUT2D eigenvalue weighted by Crippen LogP contribution is -2.47. The second-order valence-electron chi connectivity index (χ2n) is 8.94. The molecule has 0 saturated carbocycles. The largest absolute Gasteiger partial charge is 0.462 e. The van der Waals surface area contributed by atoms with E-state index in [0.717, 1.165) is 10.8 Å². The molecular weight excluding hydrogens is 381 g/mol. The van der Waals surface area contributed by atoms with Crippen LogP contribution in [0.15, 0.2) is 42.5 Å². The molecule has 0 aromatic heterocycles. The Labute approximate surface area is 169 Å². The Morgan fingerprint density at radius 1 is 1.00 bits per heavy atom. The zero-order valence-corrected chi connectivity index (χ0v) is 17.6. The van der Waals surface area contributed by atoms with Gasteiger partial charge in [0.1, 0.15) is 6.61 Å². The van der Waals surface area contributed by atoms with Crippen LogP contribution in [0.3, 0.4) is 0 Å². The maximum absolute atomic E-state index is 14.4. The number of alkyl halides is 3. The van der Waals surface area contributed by atoms with Crippen molar-refractivity contribution in [3.05, 3.63) is 48.0 Å². The molecule has 0 fully saturated rings. The summed E-state index contributed by atoms with van der Waals surface area (Å²) in [4.78, 5) is 12.6. The lowest BCUT2D eigenvalue weighted by Gasteiger charge is -2.40. The molecule has 1 atom stereocenters. The van der Waals surface area contributed by atoms with Gasteiger partial charge in [-0.3, -0.25) is 4.79 Å². The third-order valence-electron chi connectivity index (χ3n) is 5.30. The molecule has 29 heavy (non-hydrogen) atoms. The number of carbonyl (C=O) groups is 1. The standard InChI is InChI=1S/C23H29F3O3/c1-6-22(23(24,25)26,14-20(2,3)19(27)29-15-21(4,5)28)18-12-11-16-9-7-8-10-17(16)13-18/h7-13,28H,6,14-15H2,1-5H3. The molecule has 0 heterocycles. The summed E-state index contributed by atoms with van der Waals surface area (Å²) in [5, 5.41) is 11.3. The summed E-state index contributed by atoms with van der Waals surface area (Å²) in [7, 11) is 0. The highest BCUT2D eigenvalue weighted by Gasteiger charge is 2.57. The first kappa shape index (κ1) is 23.2. The highest BCUT2D eigenvalue weighted by atomic mass is 19.4. The van der Waals surface area contributed by atoms with Crippen molar-refractivity contribution < 1.29 is 27.8 Å². The fraction of sp³-hybridized carbons (Fsp3) is 0.522. The summed E-state index contributed by atoms with van der Waals surface area (Å²) < 4.78 is 48.4. The van der Waals surface area contributed by atoms with Crippen molar-refractivity contribution in [1.29, 1.82) is 0 Å². The van der Waals surface area contributed by atoms with E-state index in [1.54, 1.807) is 24.3 Å². The van der Waals surface area contributed by atoms with Crippen LogP contribution in [-0.2, 0) is 14.9 Å². The topological polar surface area (TPSA) is 46.5 Å². The van der Waals surface area contributed by atoms with Crippen LogP contribution in [0.25, 0.3) is 10.8 Å². The first-order valence-corrected chi connectivity index (χ1v) is 9.67. The number of halogens is 3. The Bertz CT molecular complexity index is 866. The van der Waals surface area contributed by atoms with Crippen LogP contribution in [-0.4, -0.2) is 29.5 Å². The Balaban J connectivity index is 2.47. The maximum atomic E-state index is 14.4. The van der Waals surface area contributed by atoms with E-state index in [2.05, 4.69) is 0 Å². The summed E-state index contributed by atoms with van der Waals surface area (Å²) >= 11 is 0. The second-order valence-corrected chi connectivity index (χ2v) is 8.94. The molecule has 0 saturated heterocycles. The van der Waals surface area contributed by atoms with Crippen molar-refractivity contribution in [1.82, 2.24) is 0 Å². The molecule has 0 aliphatic carbocycles. The van der Waals surface area contributed by atoms with Crippen LogP contribution in [0, 0.1) is 5.41 Å². The zero-order valence-electron chi connectivity index (χ0n) is 17.6. The predicted molar refractivity (Wildman–Crippen MR) is 108 cm³/mol. The van der Waals surface area contributed by atoms with Crippen LogP contribution >= 0.6 is 0 Å². The molecule has 0 aliphatic heterocycles. The van der Waals surface area contributed by atoms with Gasteiger partial charge in [-0.15, -0.1) is 0 Å². The SMILES string of the molecule is CCC(CC(C)(C)C(=O)OCC(C)(C)O)(c1ccc2ccccc2c1)C(F)(F)F. The molecule has 0 aliphatic rings. The van der Waals surface area contributed by atoms with Gasteiger partial charge in [0.2, 0.25) is 0 Å². The molecule has 0 amide bonds. The Morgan fingerprint density at radius 2 is 1.59 bits per heavy atom. The van der Waals surface area contributed by atoms with Gasteiger partial charge in [-0.2, -0.15) is 13.2 Å². The Morgan fingerprint density at radius 3 is 2.10 bits per heavy atom. The summed E-state index contributed by atoms with van der Waals surface area (Å²) in [6, 6.07) is 12.0. The number of carbonyl (C=O) groups excluding carboxylic acids is 1. The van der Waals surface area contributed by atoms with Gasteiger partial charge in [0.25, 0.3) is 0 Å². The van der Waals surface area contributed by atoms with Gasteiger partial charge in [-0.1, -0.05) is 49.4 Å². The van der Waals surface area contributed by atoms with Crippen molar-refractivity contribution in [2.24, 2.45) is 5.41 Å². The summed E-state index contributed by atoms with van der Waals surface area (Å²) in [6.07, 6.45) is -5.22. The van der Waals surface area contributed by atoms with Gasteiger partial charge < -0.3 is 9.84 Å². The van der Waals surface area contributed by atoms with Gasteiger partial charge in [-0.25, -0.2) is 0 Å². The van der Waals surface area contributed by atoms with Crippen molar-refractivity contribution >= 4 is 16.7 Å². The summed E-state index contributed by atoms with van der Waals surface area (Å²) in [6.45, 7) is 7.05. The number of hydrogen-bond donors (Lipinski definition) is 1. The maximum Gasteiger partial charge on any atom is 0.398 e. The molecule has 2 rings (SSSR count). The van der Waals surface area contributed by atoms with E-state index in [1.807, 2.05) is 12.1 Å². The van der Waals surface area contributed by atoms with Crippen molar-refractivity contribution in [3.8, 4) is 0 Å². The van der Waals surface area contributed by atoms with Gasteiger partial charge in [-0.05, 0) is 56.9 Å². The van der Waals surface area contributed by atoms with Crippen molar-refractivity contribution in [2.75, 3.05) is 6.61 Å². The lowest BCUT2D eigenvalue weighted by molar-refractivity contribution is -0.204. The molecule has 1 N–H and O–H groups in total. The second kappa shape index (κ2) is 7.98. The molecule has 160 valence electrons. The Hall–Kier alpha value is -2.08. The molecule has 3 nitrogen and oxygen atoms in total. The highest BCUT2D eigenvalue weighted by molar-refractivity contribution is 5.83. The number of benzene rings is 2.